The summed E-state index contributed by atoms with van der Waals surface area (Å²) in [5, 5.41) is 3.45. The summed E-state index contributed by atoms with van der Waals surface area (Å²) in [4.78, 5) is 4.93. The lowest BCUT2D eigenvalue weighted by Gasteiger charge is -2.26. The van der Waals surface area contributed by atoms with Crippen LogP contribution in [-0.4, -0.2) is 58.4 Å². The van der Waals surface area contributed by atoms with Crippen molar-refractivity contribution in [2.45, 2.75) is 13.0 Å². The second-order valence-corrected chi connectivity index (χ2v) is 6.50. The van der Waals surface area contributed by atoms with Crippen LogP contribution in [0.5, 0.6) is 0 Å². The van der Waals surface area contributed by atoms with Crippen molar-refractivity contribution < 1.29 is 4.74 Å². The van der Waals surface area contributed by atoms with Crippen LogP contribution >= 0.6 is 15.9 Å². The molecule has 21 heavy (non-hydrogen) atoms. The average Bonchev–Trinajstić information content (AvgIpc) is 2.69. The second kappa shape index (κ2) is 8.73. The van der Waals surface area contributed by atoms with Gasteiger partial charge in [0.05, 0.1) is 6.61 Å². The quantitative estimate of drug-likeness (QED) is 0.792. The molecular formula is C16H26BrN3O. The van der Waals surface area contributed by atoms with Gasteiger partial charge in [-0.3, -0.25) is 0 Å². The summed E-state index contributed by atoms with van der Waals surface area (Å²) in [6, 6.07) is 6.59. The molecule has 1 aromatic rings. The Morgan fingerprint density at radius 3 is 2.90 bits per heavy atom. The SMILES string of the molecule is COCCNCc1ccc(Br)cc1N1CCCN(C)CC1. The van der Waals surface area contributed by atoms with Gasteiger partial charge in [-0.2, -0.15) is 0 Å². The maximum atomic E-state index is 5.09. The van der Waals surface area contributed by atoms with E-state index in [4.69, 9.17) is 4.74 Å². The number of hydrogen-bond donors (Lipinski definition) is 1. The van der Waals surface area contributed by atoms with Crippen molar-refractivity contribution in [1.82, 2.24) is 10.2 Å². The maximum absolute atomic E-state index is 5.09. The lowest BCUT2D eigenvalue weighted by atomic mass is 10.1. The molecule has 5 heteroatoms. The number of rotatable bonds is 6. The lowest BCUT2D eigenvalue weighted by molar-refractivity contribution is 0.199. The Hall–Kier alpha value is -0.620. The van der Waals surface area contributed by atoms with Gasteiger partial charge in [-0.05, 0) is 37.7 Å². The predicted molar refractivity (Wildman–Crippen MR) is 92.1 cm³/mol. The minimum atomic E-state index is 0.750. The highest BCUT2D eigenvalue weighted by Gasteiger charge is 2.15. The summed E-state index contributed by atoms with van der Waals surface area (Å²) in [6.07, 6.45) is 1.22. The highest BCUT2D eigenvalue weighted by atomic mass is 79.9. The van der Waals surface area contributed by atoms with E-state index >= 15 is 0 Å². The average molecular weight is 356 g/mol. The highest BCUT2D eigenvalue weighted by Crippen LogP contribution is 2.26. The van der Waals surface area contributed by atoms with E-state index in [9.17, 15) is 0 Å². The fourth-order valence-corrected chi connectivity index (χ4v) is 3.01. The van der Waals surface area contributed by atoms with Gasteiger partial charge in [0.25, 0.3) is 0 Å². The number of nitrogens with zero attached hydrogens (tertiary/aromatic N) is 2. The molecule has 4 nitrogen and oxygen atoms in total. The van der Waals surface area contributed by atoms with Gasteiger partial charge in [0.15, 0.2) is 0 Å². The van der Waals surface area contributed by atoms with E-state index in [1.807, 2.05) is 0 Å². The van der Waals surface area contributed by atoms with Crippen molar-refractivity contribution in [3.8, 4) is 0 Å². The summed E-state index contributed by atoms with van der Waals surface area (Å²) in [5.41, 5.74) is 2.71. The van der Waals surface area contributed by atoms with E-state index in [1.54, 1.807) is 7.11 Å². The Bertz CT molecular complexity index is 442. The summed E-state index contributed by atoms with van der Waals surface area (Å²) in [6.45, 7) is 7.06. The number of anilines is 1. The van der Waals surface area contributed by atoms with Crippen LogP contribution in [0.2, 0.25) is 0 Å². The molecule has 1 aromatic carbocycles. The summed E-state index contributed by atoms with van der Waals surface area (Å²) < 4.78 is 6.24. The first-order valence-electron chi connectivity index (χ1n) is 7.62. The fourth-order valence-electron chi connectivity index (χ4n) is 2.67. The molecule has 1 saturated heterocycles. The van der Waals surface area contributed by atoms with Gasteiger partial charge in [-0.25, -0.2) is 0 Å². The monoisotopic (exact) mass is 355 g/mol. The molecule has 1 aliphatic heterocycles. The highest BCUT2D eigenvalue weighted by molar-refractivity contribution is 9.10. The van der Waals surface area contributed by atoms with Gasteiger partial charge >= 0.3 is 0 Å². The van der Waals surface area contributed by atoms with Gasteiger partial charge in [-0.15, -0.1) is 0 Å². The zero-order valence-corrected chi connectivity index (χ0v) is 14.7. The van der Waals surface area contributed by atoms with Crippen LogP contribution in [0.3, 0.4) is 0 Å². The number of nitrogens with one attached hydrogen (secondary N) is 1. The van der Waals surface area contributed by atoms with Gasteiger partial charge in [0.1, 0.15) is 0 Å². The van der Waals surface area contributed by atoms with Crippen LogP contribution in [0.25, 0.3) is 0 Å². The van der Waals surface area contributed by atoms with E-state index in [2.05, 4.69) is 56.3 Å². The third kappa shape index (κ3) is 5.25. The van der Waals surface area contributed by atoms with Crippen molar-refractivity contribution in [3.63, 3.8) is 0 Å². The van der Waals surface area contributed by atoms with Crippen molar-refractivity contribution >= 4 is 21.6 Å². The normalized spacial score (nSPS) is 17.0. The van der Waals surface area contributed by atoms with Crippen LogP contribution in [0.1, 0.15) is 12.0 Å². The van der Waals surface area contributed by atoms with E-state index in [0.717, 1.165) is 43.8 Å². The molecule has 0 radical (unpaired) electrons. The third-order valence-corrected chi connectivity index (χ3v) is 4.40. The largest absolute Gasteiger partial charge is 0.383 e. The molecule has 0 atom stereocenters. The van der Waals surface area contributed by atoms with Crippen LogP contribution in [0.15, 0.2) is 22.7 Å². The first kappa shape index (κ1) is 16.7. The molecule has 0 bridgehead atoms. The Morgan fingerprint density at radius 1 is 1.24 bits per heavy atom. The molecule has 2 rings (SSSR count). The Morgan fingerprint density at radius 2 is 2.10 bits per heavy atom. The molecule has 1 fully saturated rings. The molecule has 1 aliphatic rings. The van der Waals surface area contributed by atoms with E-state index in [-0.39, 0.29) is 0 Å². The van der Waals surface area contributed by atoms with Crippen molar-refractivity contribution in [3.05, 3.63) is 28.2 Å². The molecule has 1 N–H and O–H groups in total. The first-order valence-corrected chi connectivity index (χ1v) is 8.41. The molecule has 1 heterocycles. The molecule has 0 unspecified atom stereocenters. The number of ether oxygens (including phenoxy) is 1. The molecular weight excluding hydrogens is 330 g/mol. The third-order valence-electron chi connectivity index (χ3n) is 3.91. The minimum absolute atomic E-state index is 0.750. The number of likely N-dealkylation sites (N-methyl/N-ethyl adjacent to an activating group) is 1. The van der Waals surface area contributed by atoms with Gasteiger partial charge in [0, 0.05) is 50.0 Å². The molecule has 0 aromatic heterocycles. The van der Waals surface area contributed by atoms with Gasteiger partial charge in [0.2, 0.25) is 0 Å². The number of benzene rings is 1. The topological polar surface area (TPSA) is 27.7 Å². The Balaban J connectivity index is 2.06. The van der Waals surface area contributed by atoms with Crippen LogP contribution < -0.4 is 10.2 Å². The summed E-state index contributed by atoms with van der Waals surface area (Å²) >= 11 is 3.61. The summed E-state index contributed by atoms with van der Waals surface area (Å²) in [5.74, 6) is 0. The standard InChI is InChI=1S/C16H26BrN3O/c1-19-7-3-8-20(10-9-19)16-12-15(17)5-4-14(16)13-18-6-11-21-2/h4-5,12,18H,3,6-11,13H2,1-2H3. The second-order valence-electron chi connectivity index (χ2n) is 5.59. The Kier molecular flexibility index (Phi) is 6.96. The molecule has 0 saturated carbocycles. The summed E-state index contributed by atoms with van der Waals surface area (Å²) in [7, 11) is 3.94. The molecule has 0 aliphatic carbocycles. The zero-order valence-electron chi connectivity index (χ0n) is 13.1. The smallest absolute Gasteiger partial charge is 0.0587 e. The van der Waals surface area contributed by atoms with Crippen LogP contribution in [0, 0.1) is 0 Å². The van der Waals surface area contributed by atoms with E-state index in [1.165, 1.54) is 24.2 Å². The van der Waals surface area contributed by atoms with E-state index < -0.39 is 0 Å². The lowest BCUT2D eigenvalue weighted by Crippen LogP contribution is -2.30. The van der Waals surface area contributed by atoms with Crippen LogP contribution in [-0.2, 0) is 11.3 Å². The molecule has 0 spiro atoms. The van der Waals surface area contributed by atoms with Crippen LogP contribution in [0.4, 0.5) is 5.69 Å². The van der Waals surface area contributed by atoms with Crippen molar-refractivity contribution in [1.29, 1.82) is 0 Å². The number of hydrogen-bond acceptors (Lipinski definition) is 4. The van der Waals surface area contributed by atoms with E-state index in [0.29, 0.717) is 0 Å². The number of methoxy groups -OCH3 is 1. The maximum Gasteiger partial charge on any atom is 0.0587 e. The molecule has 0 amide bonds. The molecule has 118 valence electrons. The van der Waals surface area contributed by atoms with Gasteiger partial charge in [-0.1, -0.05) is 22.0 Å². The van der Waals surface area contributed by atoms with Crippen molar-refractivity contribution in [2.24, 2.45) is 0 Å². The minimum Gasteiger partial charge on any atom is -0.383 e. The Labute approximate surface area is 136 Å². The zero-order chi connectivity index (χ0) is 15.1. The number of halogens is 1. The fraction of sp³-hybridized carbons (Fsp3) is 0.625. The van der Waals surface area contributed by atoms with Crippen molar-refractivity contribution in [2.75, 3.05) is 58.4 Å². The predicted octanol–water partition coefficient (Wildman–Crippen LogP) is 2.33. The first-order chi connectivity index (χ1) is 10.2. The van der Waals surface area contributed by atoms with Gasteiger partial charge < -0.3 is 19.9 Å².